The standard InChI is InChI=1S/C14H20N2/c1-10-8-15-16(9-10)14-5-11-2-12(6-14)4-13(3-11)7-14/h8-9,11-13H,2-7H2,1H3. The third-order valence-corrected chi connectivity index (χ3v) is 5.20. The molecule has 86 valence electrons. The molecule has 1 heterocycles. The van der Waals surface area contributed by atoms with Gasteiger partial charge in [-0.25, -0.2) is 0 Å². The summed E-state index contributed by atoms with van der Waals surface area (Å²) in [7, 11) is 0. The molecule has 0 unspecified atom stereocenters. The first-order valence-corrected chi connectivity index (χ1v) is 6.75. The van der Waals surface area contributed by atoms with Gasteiger partial charge in [-0.15, -0.1) is 0 Å². The van der Waals surface area contributed by atoms with Gasteiger partial charge in [0.1, 0.15) is 0 Å². The minimum absolute atomic E-state index is 0.420. The van der Waals surface area contributed by atoms with Crippen molar-refractivity contribution < 1.29 is 0 Å². The maximum absolute atomic E-state index is 4.62. The van der Waals surface area contributed by atoms with Crippen LogP contribution in [0.25, 0.3) is 0 Å². The smallest absolute Gasteiger partial charge is 0.0635 e. The highest BCUT2D eigenvalue weighted by atomic mass is 15.3. The summed E-state index contributed by atoms with van der Waals surface area (Å²) in [5, 5.41) is 4.62. The lowest BCUT2D eigenvalue weighted by Gasteiger charge is -2.56. The number of aromatic nitrogens is 2. The van der Waals surface area contributed by atoms with Gasteiger partial charge in [-0.3, -0.25) is 4.68 Å². The molecule has 4 bridgehead atoms. The molecule has 0 radical (unpaired) electrons. The maximum atomic E-state index is 4.62. The van der Waals surface area contributed by atoms with E-state index in [9.17, 15) is 0 Å². The largest absolute Gasteiger partial charge is 0.266 e. The molecule has 4 saturated carbocycles. The van der Waals surface area contributed by atoms with Crippen LogP contribution in [0, 0.1) is 24.7 Å². The highest BCUT2D eigenvalue weighted by molar-refractivity contribution is 5.09. The van der Waals surface area contributed by atoms with E-state index in [-0.39, 0.29) is 0 Å². The Hall–Kier alpha value is -0.790. The predicted octanol–water partition coefficient (Wildman–Crippen LogP) is 3.12. The molecule has 4 fully saturated rings. The van der Waals surface area contributed by atoms with Crippen LogP contribution in [0.1, 0.15) is 44.1 Å². The summed E-state index contributed by atoms with van der Waals surface area (Å²) in [5.74, 6) is 3.03. The van der Waals surface area contributed by atoms with E-state index in [1.807, 2.05) is 6.20 Å². The third-order valence-electron chi connectivity index (χ3n) is 5.20. The average Bonchev–Trinajstić information content (AvgIpc) is 2.63. The van der Waals surface area contributed by atoms with Crippen molar-refractivity contribution in [1.82, 2.24) is 9.78 Å². The Bertz CT molecular complexity index is 383. The van der Waals surface area contributed by atoms with Gasteiger partial charge in [0.2, 0.25) is 0 Å². The Labute approximate surface area is 97.0 Å². The molecule has 0 atom stereocenters. The predicted molar refractivity (Wildman–Crippen MR) is 63.1 cm³/mol. The molecule has 2 heteroatoms. The van der Waals surface area contributed by atoms with Gasteiger partial charge in [0.25, 0.3) is 0 Å². The van der Waals surface area contributed by atoms with Crippen molar-refractivity contribution in [3.05, 3.63) is 18.0 Å². The van der Waals surface area contributed by atoms with Crippen molar-refractivity contribution in [1.29, 1.82) is 0 Å². The number of rotatable bonds is 1. The van der Waals surface area contributed by atoms with Crippen LogP contribution in [0.5, 0.6) is 0 Å². The lowest BCUT2D eigenvalue weighted by atomic mass is 9.53. The molecule has 4 aliphatic carbocycles. The van der Waals surface area contributed by atoms with Gasteiger partial charge < -0.3 is 0 Å². The van der Waals surface area contributed by atoms with Crippen LogP contribution in [0.2, 0.25) is 0 Å². The number of hydrogen-bond acceptors (Lipinski definition) is 1. The van der Waals surface area contributed by atoms with Crippen molar-refractivity contribution >= 4 is 0 Å². The van der Waals surface area contributed by atoms with Crippen LogP contribution in [0.3, 0.4) is 0 Å². The minimum atomic E-state index is 0.420. The SMILES string of the molecule is Cc1cnn(C23CC4CC(CC(C4)C2)C3)c1. The first-order chi connectivity index (χ1) is 7.73. The van der Waals surface area contributed by atoms with Gasteiger partial charge >= 0.3 is 0 Å². The molecule has 0 aromatic carbocycles. The lowest BCUT2D eigenvalue weighted by molar-refractivity contribution is -0.0494. The van der Waals surface area contributed by atoms with Gasteiger partial charge in [0.05, 0.1) is 11.7 Å². The van der Waals surface area contributed by atoms with Crippen LogP contribution >= 0.6 is 0 Å². The molecule has 0 N–H and O–H groups in total. The van der Waals surface area contributed by atoms with Crippen molar-refractivity contribution in [2.24, 2.45) is 17.8 Å². The summed E-state index contributed by atoms with van der Waals surface area (Å²) < 4.78 is 2.33. The van der Waals surface area contributed by atoms with Gasteiger partial charge in [-0.2, -0.15) is 5.10 Å². The molecule has 1 aromatic heterocycles. The summed E-state index contributed by atoms with van der Waals surface area (Å²) in [6.45, 7) is 2.16. The van der Waals surface area contributed by atoms with Crippen molar-refractivity contribution in [3.8, 4) is 0 Å². The van der Waals surface area contributed by atoms with Crippen LogP contribution in [-0.2, 0) is 5.54 Å². The monoisotopic (exact) mass is 216 g/mol. The molecule has 16 heavy (non-hydrogen) atoms. The van der Waals surface area contributed by atoms with Crippen LogP contribution in [-0.4, -0.2) is 9.78 Å². The zero-order chi connectivity index (χ0) is 10.8. The zero-order valence-electron chi connectivity index (χ0n) is 10.0. The molecule has 4 aliphatic rings. The highest BCUT2D eigenvalue weighted by Crippen LogP contribution is 2.58. The molecule has 0 amide bonds. The molecule has 0 saturated heterocycles. The van der Waals surface area contributed by atoms with Gasteiger partial charge in [-0.1, -0.05) is 0 Å². The fourth-order valence-electron chi connectivity index (χ4n) is 5.02. The summed E-state index contributed by atoms with van der Waals surface area (Å²) in [4.78, 5) is 0. The minimum Gasteiger partial charge on any atom is -0.266 e. The van der Waals surface area contributed by atoms with Crippen LogP contribution in [0.15, 0.2) is 12.4 Å². The van der Waals surface area contributed by atoms with E-state index in [1.54, 1.807) is 0 Å². The lowest BCUT2D eigenvalue weighted by Crippen LogP contribution is -2.52. The average molecular weight is 216 g/mol. The topological polar surface area (TPSA) is 17.8 Å². The van der Waals surface area contributed by atoms with E-state index in [2.05, 4.69) is 22.9 Å². The first kappa shape index (κ1) is 9.26. The Morgan fingerprint density at radius 2 is 1.69 bits per heavy atom. The Morgan fingerprint density at radius 3 is 2.12 bits per heavy atom. The molecular formula is C14H20N2. The Balaban J connectivity index is 1.76. The molecule has 0 spiro atoms. The van der Waals surface area contributed by atoms with E-state index >= 15 is 0 Å². The van der Waals surface area contributed by atoms with E-state index in [0.29, 0.717) is 5.54 Å². The quantitative estimate of drug-likeness (QED) is 0.705. The van der Waals surface area contributed by atoms with E-state index < -0.39 is 0 Å². The zero-order valence-corrected chi connectivity index (χ0v) is 10.0. The third kappa shape index (κ3) is 1.16. The molecule has 1 aromatic rings. The van der Waals surface area contributed by atoms with Crippen molar-refractivity contribution in [2.75, 3.05) is 0 Å². The van der Waals surface area contributed by atoms with Crippen molar-refractivity contribution in [3.63, 3.8) is 0 Å². The van der Waals surface area contributed by atoms with Crippen LogP contribution in [0.4, 0.5) is 0 Å². The molecule has 0 aliphatic heterocycles. The van der Waals surface area contributed by atoms with Crippen molar-refractivity contribution in [2.45, 2.75) is 51.0 Å². The molecule has 5 rings (SSSR count). The molecular weight excluding hydrogens is 196 g/mol. The number of aryl methyl sites for hydroxylation is 1. The summed E-state index contributed by atoms with van der Waals surface area (Å²) in [6.07, 6.45) is 13.0. The van der Waals surface area contributed by atoms with Gasteiger partial charge in [0.15, 0.2) is 0 Å². The second-order valence-electron chi connectivity index (χ2n) is 6.60. The van der Waals surface area contributed by atoms with E-state index in [1.165, 1.54) is 44.1 Å². The van der Waals surface area contributed by atoms with E-state index in [4.69, 9.17) is 0 Å². The van der Waals surface area contributed by atoms with Gasteiger partial charge in [-0.05, 0) is 68.8 Å². The van der Waals surface area contributed by atoms with E-state index in [0.717, 1.165) is 17.8 Å². The fourth-order valence-corrected chi connectivity index (χ4v) is 5.02. The van der Waals surface area contributed by atoms with Crippen LogP contribution < -0.4 is 0 Å². The fraction of sp³-hybridized carbons (Fsp3) is 0.786. The first-order valence-electron chi connectivity index (χ1n) is 6.75. The Kier molecular flexibility index (Phi) is 1.68. The maximum Gasteiger partial charge on any atom is 0.0635 e. The second kappa shape index (κ2) is 2.91. The summed E-state index contributed by atoms with van der Waals surface area (Å²) in [6, 6.07) is 0. The number of nitrogens with zero attached hydrogens (tertiary/aromatic N) is 2. The normalized spacial score (nSPS) is 45.2. The Morgan fingerprint density at radius 1 is 1.12 bits per heavy atom. The summed E-state index contributed by atoms with van der Waals surface area (Å²) >= 11 is 0. The molecule has 2 nitrogen and oxygen atoms in total. The number of hydrogen-bond donors (Lipinski definition) is 0. The van der Waals surface area contributed by atoms with Gasteiger partial charge in [0, 0.05) is 6.20 Å². The second-order valence-corrected chi connectivity index (χ2v) is 6.60. The summed E-state index contributed by atoms with van der Waals surface area (Å²) in [5.41, 5.74) is 1.74. The highest BCUT2D eigenvalue weighted by Gasteiger charge is 2.52.